The standard InChI is InChI=1S/C17H29N5O9/c1-7(2)13(17(30)31)22-15(28)9(3-4-12(25)26)20-16(29)10(5-11(19)24)21-14(27)8(18)6-23/h7-10,13,23H,3-6,18H2,1-2H3,(H2,19,24)(H,20,29)(H,21,27)(H,22,28)(H,25,26)(H,30,31). The molecule has 0 radical (unpaired) electrons. The minimum Gasteiger partial charge on any atom is -0.481 e. The topological polar surface area (TPSA) is 251 Å². The molecule has 0 fully saturated rings. The van der Waals surface area contributed by atoms with Crippen molar-refractivity contribution in [1.29, 1.82) is 0 Å². The molecule has 0 rings (SSSR count). The zero-order chi connectivity index (χ0) is 24.3. The summed E-state index contributed by atoms with van der Waals surface area (Å²) < 4.78 is 0. The maximum absolute atomic E-state index is 12.6. The van der Waals surface area contributed by atoms with Crippen LogP contribution in [-0.4, -0.2) is 81.7 Å². The lowest BCUT2D eigenvalue weighted by atomic mass is 10.0. The first-order valence-electron chi connectivity index (χ1n) is 9.30. The number of hydrogen-bond acceptors (Lipinski definition) is 8. The minimum absolute atomic E-state index is 0.398. The number of aliphatic carboxylic acids is 2. The van der Waals surface area contributed by atoms with Gasteiger partial charge in [0.2, 0.25) is 23.6 Å². The number of nitrogens with one attached hydrogen (secondary N) is 3. The van der Waals surface area contributed by atoms with Crippen LogP contribution in [0.15, 0.2) is 0 Å². The van der Waals surface area contributed by atoms with Crippen LogP contribution in [0.1, 0.15) is 33.1 Å². The van der Waals surface area contributed by atoms with Gasteiger partial charge in [0.1, 0.15) is 24.2 Å². The number of carboxylic acids is 2. The van der Waals surface area contributed by atoms with Crippen molar-refractivity contribution in [3.05, 3.63) is 0 Å². The van der Waals surface area contributed by atoms with Gasteiger partial charge in [-0.05, 0) is 12.3 Å². The number of hydrogen-bond donors (Lipinski definition) is 8. The largest absolute Gasteiger partial charge is 0.481 e. The third kappa shape index (κ3) is 10.4. The summed E-state index contributed by atoms with van der Waals surface area (Å²) in [6.07, 6.45) is -1.61. The molecule has 0 bridgehead atoms. The van der Waals surface area contributed by atoms with E-state index in [4.69, 9.17) is 21.7 Å². The van der Waals surface area contributed by atoms with Crippen molar-refractivity contribution in [2.45, 2.75) is 57.3 Å². The van der Waals surface area contributed by atoms with Crippen molar-refractivity contribution >= 4 is 35.6 Å². The molecule has 10 N–H and O–H groups in total. The van der Waals surface area contributed by atoms with Crippen LogP contribution in [0.5, 0.6) is 0 Å². The summed E-state index contributed by atoms with van der Waals surface area (Å²) in [5, 5.41) is 33.5. The maximum Gasteiger partial charge on any atom is 0.326 e. The van der Waals surface area contributed by atoms with Crippen molar-refractivity contribution in [2.75, 3.05) is 6.61 Å². The highest BCUT2D eigenvalue weighted by molar-refractivity contribution is 5.96. The van der Waals surface area contributed by atoms with E-state index in [0.717, 1.165) is 0 Å². The Kier molecular flexibility index (Phi) is 11.7. The number of primary amides is 1. The smallest absolute Gasteiger partial charge is 0.326 e. The Morgan fingerprint density at radius 2 is 1.39 bits per heavy atom. The zero-order valence-electron chi connectivity index (χ0n) is 17.2. The molecule has 0 aromatic rings. The van der Waals surface area contributed by atoms with E-state index >= 15 is 0 Å². The SMILES string of the molecule is CC(C)C(NC(=O)C(CCC(=O)O)NC(=O)C(CC(N)=O)NC(=O)C(N)CO)C(=O)O. The van der Waals surface area contributed by atoms with Crippen LogP contribution < -0.4 is 27.4 Å². The monoisotopic (exact) mass is 447 g/mol. The van der Waals surface area contributed by atoms with Gasteiger partial charge in [0, 0.05) is 6.42 Å². The van der Waals surface area contributed by atoms with Crippen molar-refractivity contribution in [1.82, 2.24) is 16.0 Å². The quantitative estimate of drug-likeness (QED) is 0.129. The molecule has 0 aliphatic rings. The third-order valence-corrected chi connectivity index (χ3v) is 4.08. The lowest BCUT2D eigenvalue weighted by molar-refractivity contribution is -0.144. The molecule has 14 heteroatoms. The Morgan fingerprint density at radius 3 is 1.81 bits per heavy atom. The fourth-order valence-electron chi connectivity index (χ4n) is 2.35. The van der Waals surface area contributed by atoms with Crippen molar-refractivity contribution in [3.8, 4) is 0 Å². The third-order valence-electron chi connectivity index (χ3n) is 4.08. The number of carbonyl (C=O) groups is 6. The Morgan fingerprint density at radius 1 is 0.871 bits per heavy atom. The molecule has 0 spiro atoms. The van der Waals surface area contributed by atoms with Crippen LogP contribution in [0.3, 0.4) is 0 Å². The highest BCUT2D eigenvalue weighted by atomic mass is 16.4. The van der Waals surface area contributed by atoms with Crippen LogP contribution in [-0.2, 0) is 28.8 Å². The fraction of sp³-hybridized carbons (Fsp3) is 0.647. The van der Waals surface area contributed by atoms with Crippen molar-refractivity contribution in [3.63, 3.8) is 0 Å². The predicted octanol–water partition coefficient (Wildman–Crippen LogP) is -3.76. The van der Waals surface area contributed by atoms with E-state index in [0.29, 0.717) is 0 Å². The van der Waals surface area contributed by atoms with Crippen LogP contribution >= 0.6 is 0 Å². The Bertz CT molecular complexity index is 697. The molecule has 0 aliphatic carbocycles. The second-order valence-corrected chi connectivity index (χ2v) is 7.08. The van der Waals surface area contributed by atoms with Gasteiger partial charge in [-0.25, -0.2) is 4.79 Å². The van der Waals surface area contributed by atoms with Crippen LogP contribution in [0.25, 0.3) is 0 Å². The maximum atomic E-state index is 12.6. The predicted molar refractivity (Wildman–Crippen MR) is 104 cm³/mol. The van der Waals surface area contributed by atoms with Gasteiger partial charge in [-0.1, -0.05) is 13.8 Å². The summed E-state index contributed by atoms with van der Waals surface area (Å²) in [6.45, 7) is 2.33. The van der Waals surface area contributed by atoms with Gasteiger partial charge >= 0.3 is 11.9 Å². The van der Waals surface area contributed by atoms with Gasteiger partial charge in [-0.3, -0.25) is 24.0 Å². The van der Waals surface area contributed by atoms with E-state index in [1.54, 1.807) is 0 Å². The molecular weight excluding hydrogens is 418 g/mol. The van der Waals surface area contributed by atoms with Gasteiger partial charge in [0.15, 0.2) is 0 Å². The highest BCUT2D eigenvalue weighted by Crippen LogP contribution is 2.06. The number of aliphatic hydroxyl groups excluding tert-OH is 1. The first-order valence-corrected chi connectivity index (χ1v) is 9.30. The first-order chi connectivity index (χ1) is 14.3. The lowest BCUT2D eigenvalue weighted by Crippen LogP contribution is -2.58. The molecule has 14 nitrogen and oxygen atoms in total. The molecule has 4 unspecified atom stereocenters. The van der Waals surface area contributed by atoms with Crippen LogP contribution in [0.2, 0.25) is 0 Å². The molecule has 4 atom stereocenters. The van der Waals surface area contributed by atoms with Gasteiger partial charge in [0.05, 0.1) is 13.0 Å². The van der Waals surface area contributed by atoms with Gasteiger partial charge in [-0.2, -0.15) is 0 Å². The van der Waals surface area contributed by atoms with E-state index < -0.39 is 91.5 Å². The van der Waals surface area contributed by atoms with Gasteiger partial charge in [-0.15, -0.1) is 0 Å². The normalized spacial score (nSPS) is 14.6. The fourth-order valence-corrected chi connectivity index (χ4v) is 2.35. The Hall–Kier alpha value is -3.26. The lowest BCUT2D eigenvalue weighted by Gasteiger charge is -2.25. The molecule has 0 saturated heterocycles. The number of carbonyl (C=O) groups excluding carboxylic acids is 4. The molecule has 0 saturated carbocycles. The Labute approximate surface area is 177 Å². The summed E-state index contributed by atoms with van der Waals surface area (Å²) in [5.74, 6) is -7.09. The molecule has 0 aromatic carbocycles. The van der Waals surface area contributed by atoms with E-state index in [1.807, 2.05) is 0 Å². The average Bonchev–Trinajstić information content (AvgIpc) is 2.66. The number of nitrogens with two attached hydrogens (primary N) is 2. The van der Waals surface area contributed by atoms with Crippen LogP contribution in [0, 0.1) is 5.92 Å². The van der Waals surface area contributed by atoms with E-state index in [-0.39, 0.29) is 0 Å². The minimum atomic E-state index is -1.57. The molecule has 176 valence electrons. The van der Waals surface area contributed by atoms with E-state index in [9.17, 15) is 33.9 Å². The molecule has 31 heavy (non-hydrogen) atoms. The molecule has 0 heterocycles. The first kappa shape index (κ1) is 27.7. The molecule has 0 aliphatic heterocycles. The summed E-state index contributed by atoms with van der Waals surface area (Å²) in [7, 11) is 0. The van der Waals surface area contributed by atoms with Gasteiger partial charge in [0.25, 0.3) is 0 Å². The van der Waals surface area contributed by atoms with Crippen molar-refractivity contribution < 1.29 is 44.1 Å². The Balaban J connectivity index is 5.55. The van der Waals surface area contributed by atoms with E-state index in [2.05, 4.69) is 16.0 Å². The summed E-state index contributed by atoms with van der Waals surface area (Å²) in [5.41, 5.74) is 10.4. The summed E-state index contributed by atoms with van der Waals surface area (Å²) >= 11 is 0. The number of carboxylic acid groups (broad SMARTS) is 2. The number of amides is 4. The number of rotatable bonds is 14. The summed E-state index contributed by atoms with van der Waals surface area (Å²) in [6, 6.07) is -5.75. The average molecular weight is 447 g/mol. The molecular formula is C17H29N5O9. The molecule has 4 amide bonds. The van der Waals surface area contributed by atoms with Crippen molar-refractivity contribution in [2.24, 2.45) is 17.4 Å². The summed E-state index contributed by atoms with van der Waals surface area (Å²) in [4.78, 5) is 70.4. The van der Waals surface area contributed by atoms with Crippen LogP contribution in [0.4, 0.5) is 0 Å². The highest BCUT2D eigenvalue weighted by Gasteiger charge is 2.32. The number of aliphatic hydroxyl groups is 1. The zero-order valence-corrected chi connectivity index (χ0v) is 17.2. The molecule has 0 aromatic heterocycles. The second-order valence-electron chi connectivity index (χ2n) is 7.08. The van der Waals surface area contributed by atoms with E-state index in [1.165, 1.54) is 13.8 Å². The van der Waals surface area contributed by atoms with Gasteiger partial charge < -0.3 is 42.7 Å². The second kappa shape index (κ2) is 13.1.